The molecule has 6 heteroatoms. The lowest BCUT2D eigenvalue weighted by Crippen LogP contribution is -2.28. The summed E-state index contributed by atoms with van der Waals surface area (Å²) >= 11 is 0.372. The Labute approximate surface area is 123 Å². The third kappa shape index (κ3) is 4.66. The first-order chi connectivity index (χ1) is 9.69. The minimum atomic E-state index is -0.871. The summed E-state index contributed by atoms with van der Waals surface area (Å²) in [7, 11) is 0. The molecule has 1 unspecified atom stereocenters. The molecule has 2 aliphatic carbocycles. The van der Waals surface area contributed by atoms with Gasteiger partial charge in [0, 0.05) is 12.0 Å². The summed E-state index contributed by atoms with van der Waals surface area (Å²) in [6.07, 6.45) is 7.66. The molecular weight excluding hydrogens is 280 g/mol. The second-order valence-corrected chi connectivity index (χ2v) is 6.32. The van der Waals surface area contributed by atoms with E-state index in [0.29, 0.717) is 12.0 Å². The molecule has 0 amide bonds. The zero-order chi connectivity index (χ0) is 14.4. The van der Waals surface area contributed by atoms with Crippen LogP contribution in [0.2, 0.25) is 0 Å². The van der Waals surface area contributed by atoms with E-state index in [4.69, 9.17) is 9.47 Å². The molecule has 2 aliphatic rings. The number of carbonyl (C=O) groups excluding carboxylic acids is 2. The highest BCUT2D eigenvalue weighted by molar-refractivity contribution is 7.95. The SMILES string of the molecule is O=C(CC(SO)C(=O)OC1CCCC1)OC1CCCC1. The van der Waals surface area contributed by atoms with Crippen LogP contribution in [-0.2, 0) is 19.1 Å². The number of carbonyl (C=O) groups is 2. The lowest BCUT2D eigenvalue weighted by atomic mass is 10.2. The molecule has 2 saturated carbocycles. The molecule has 1 atom stereocenters. The fourth-order valence-corrected chi connectivity index (χ4v) is 3.15. The van der Waals surface area contributed by atoms with Crippen molar-refractivity contribution >= 4 is 24.0 Å². The summed E-state index contributed by atoms with van der Waals surface area (Å²) in [6.45, 7) is 0. The van der Waals surface area contributed by atoms with E-state index >= 15 is 0 Å². The zero-order valence-electron chi connectivity index (χ0n) is 11.6. The third-order valence-electron chi connectivity index (χ3n) is 3.93. The van der Waals surface area contributed by atoms with Crippen molar-refractivity contribution in [2.75, 3.05) is 0 Å². The summed E-state index contributed by atoms with van der Waals surface area (Å²) in [5.74, 6) is -0.931. The van der Waals surface area contributed by atoms with Crippen molar-refractivity contribution < 1.29 is 23.6 Å². The van der Waals surface area contributed by atoms with Crippen LogP contribution in [0.15, 0.2) is 0 Å². The van der Waals surface area contributed by atoms with E-state index in [2.05, 4.69) is 0 Å². The molecule has 1 N–H and O–H groups in total. The van der Waals surface area contributed by atoms with E-state index in [1.165, 1.54) is 0 Å². The Morgan fingerprint density at radius 3 is 2.00 bits per heavy atom. The molecule has 5 nitrogen and oxygen atoms in total. The van der Waals surface area contributed by atoms with Crippen molar-refractivity contribution in [3.8, 4) is 0 Å². The quantitative estimate of drug-likeness (QED) is 0.601. The second kappa shape index (κ2) is 7.88. The van der Waals surface area contributed by atoms with Gasteiger partial charge in [0.1, 0.15) is 17.5 Å². The molecule has 0 saturated heterocycles. The van der Waals surface area contributed by atoms with Crippen LogP contribution in [0.1, 0.15) is 57.8 Å². The lowest BCUT2D eigenvalue weighted by Gasteiger charge is -2.17. The van der Waals surface area contributed by atoms with E-state index in [-0.39, 0.29) is 18.6 Å². The van der Waals surface area contributed by atoms with Crippen molar-refractivity contribution in [3.05, 3.63) is 0 Å². The first-order valence-corrected chi connectivity index (χ1v) is 8.23. The van der Waals surface area contributed by atoms with Gasteiger partial charge in [0.25, 0.3) is 0 Å². The smallest absolute Gasteiger partial charge is 0.322 e. The Morgan fingerprint density at radius 2 is 1.50 bits per heavy atom. The topological polar surface area (TPSA) is 72.8 Å². The van der Waals surface area contributed by atoms with Gasteiger partial charge in [-0.05, 0) is 51.4 Å². The summed E-state index contributed by atoms with van der Waals surface area (Å²) < 4.78 is 19.8. The molecular formula is C14H22O5S. The van der Waals surface area contributed by atoms with E-state index < -0.39 is 17.2 Å². The molecule has 0 aromatic heterocycles. The first-order valence-electron chi connectivity index (χ1n) is 7.39. The van der Waals surface area contributed by atoms with Gasteiger partial charge in [-0.3, -0.25) is 9.59 Å². The average Bonchev–Trinajstić information content (AvgIpc) is 3.09. The highest BCUT2D eigenvalue weighted by Crippen LogP contribution is 2.25. The highest BCUT2D eigenvalue weighted by atomic mass is 32.2. The molecule has 0 radical (unpaired) electrons. The van der Waals surface area contributed by atoms with Crippen LogP contribution in [0.5, 0.6) is 0 Å². The van der Waals surface area contributed by atoms with Gasteiger partial charge in [-0.2, -0.15) is 0 Å². The Balaban J connectivity index is 1.74. The highest BCUT2D eigenvalue weighted by Gasteiger charge is 2.29. The molecule has 0 heterocycles. The van der Waals surface area contributed by atoms with Gasteiger partial charge in [-0.15, -0.1) is 0 Å². The number of hydrogen-bond acceptors (Lipinski definition) is 6. The molecule has 2 rings (SSSR count). The largest absolute Gasteiger partial charge is 0.462 e. The predicted molar refractivity (Wildman–Crippen MR) is 75.3 cm³/mol. The van der Waals surface area contributed by atoms with E-state index in [0.717, 1.165) is 51.4 Å². The van der Waals surface area contributed by atoms with Gasteiger partial charge in [-0.1, -0.05) is 0 Å². The lowest BCUT2D eigenvalue weighted by molar-refractivity contribution is -0.155. The molecule has 20 heavy (non-hydrogen) atoms. The molecule has 0 bridgehead atoms. The average molecular weight is 302 g/mol. The van der Waals surface area contributed by atoms with Crippen molar-refractivity contribution in [1.29, 1.82) is 0 Å². The number of rotatable bonds is 6. The maximum Gasteiger partial charge on any atom is 0.322 e. The number of hydrogen-bond donors (Lipinski definition) is 1. The van der Waals surface area contributed by atoms with Crippen LogP contribution in [0.4, 0.5) is 0 Å². The van der Waals surface area contributed by atoms with Crippen molar-refractivity contribution in [2.24, 2.45) is 0 Å². The molecule has 2 fully saturated rings. The fraction of sp³-hybridized carbons (Fsp3) is 0.857. The Kier molecular flexibility index (Phi) is 6.16. The third-order valence-corrected chi connectivity index (χ3v) is 4.54. The summed E-state index contributed by atoms with van der Waals surface area (Å²) in [4.78, 5) is 23.6. The monoisotopic (exact) mass is 302 g/mol. The molecule has 0 aromatic carbocycles. The zero-order valence-corrected chi connectivity index (χ0v) is 12.4. The Morgan fingerprint density at radius 1 is 1.00 bits per heavy atom. The van der Waals surface area contributed by atoms with Crippen LogP contribution in [0.3, 0.4) is 0 Å². The summed E-state index contributed by atoms with van der Waals surface area (Å²) in [5.41, 5.74) is 0. The fourth-order valence-electron chi connectivity index (χ4n) is 2.80. The van der Waals surface area contributed by atoms with Gasteiger partial charge in [0.2, 0.25) is 0 Å². The summed E-state index contributed by atoms with van der Waals surface area (Å²) in [6, 6.07) is 0. The van der Waals surface area contributed by atoms with Crippen molar-refractivity contribution in [3.63, 3.8) is 0 Å². The van der Waals surface area contributed by atoms with Gasteiger partial charge in [0.05, 0.1) is 6.42 Å². The Bertz CT molecular complexity index is 334. The van der Waals surface area contributed by atoms with E-state index in [9.17, 15) is 14.1 Å². The van der Waals surface area contributed by atoms with Gasteiger partial charge in [-0.25, -0.2) is 0 Å². The predicted octanol–water partition coefficient (Wildman–Crippen LogP) is 2.92. The van der Waals surface area contributed by atoms with Crippen LogP contribution in [-0.4, -0.2) is 33.9 Å². The number of ether oxygens (including phenoxy) is 2. The van der Waals surface area contributed by atoms with Gasteiger partial charge in [0.15, 0.2) is 0 Å². The van der Waals surface area contributed by atoms with Gasteiger partial charge >= 0.3 is 11.9 Å². The molecule has 0 spiro atoms. The van der Waals surface area contributed by atoms with Crippen molar-refractivity contribution in [2.45, 2.75) is 75.2 Å². The number of esters is 2. The molecule has 114 valence electrons. The van der Waals surface area contributed by atoms with Crippen LogP contribution in [0, 0.1) is 0 Å². The van der Waals surface area contributed by atoms with Crippen LogP contribution >= 0.6 is 12.0 Å². The Hall–Kier alpha value is -0.750. The second-order valence-electron chi connectivity index (χ2n) is 5.54. The summed E-state index contributed by atoms with van der Waals surface area (Å²) in [5, 5.41) is -0.871. The first kappa shape index (κ1) is 15.6. The standard InChI is InChI=1S/C14H22O5S/c15-13(18-10-5-1-2-6-10)9-12(20-17)14(16)19-11-7-3-4-8-11/h10-12,17H,1-9H2. The molecule has 0 aromatic rings. The van der Waals surface area contributed by atoms with Gasteiger partial charge < -0.3 is 14.0 Å². The van der Waals surface area contributed by atoms with Crippen LogP contribution in [0.25, 0.3) is 0 Å². The van der Waals surface area contributed by atoms with E-state index in [1.807, 2.05) is 0 Å². The minimum Gasteiger partial charge on any atom is -0.462 e. The molecule has 0 aliphatic heterocycles. The normalized spacial score (nSPS) is 21.9. The van der Waals surface area contributed by atoms with Crippen molar-refractivity contribution in [1.82, 2.24) is 0 Å². The minimum absolute atomic E-state index is 0.0160. The maximum absolute atomic E-state index is 11.9. The van der Waals surface area contributed by atoms with Crippen LogP contribution < -0.4 is 0 Å². The van der Waals surface area contributed by atoms with E-state index in [1.54, 1.807) is 0 Å². The maximum atomic E-state index is 11.9.